The quantitative estimate of drug-likeness (QED) is 0.698. The number of carbonyl (C=O) groups is 3. The predicted octanol–water partition coefficient (Wildman–Crippen LogP) is 3.14. The van der Waals surface area contributed by atoms with Gasteiger partial charge in [-0.2, -0.15) is 0 Å². The third kappa shape index (κ3) is 5.44. The molecule has 152 valence electrons. The maximum absolute atomic E-state index is 12.9. The topological polar surface area (TPSA) is 75.7 Å². The van der Waals surface area contributed by atoms with Crippen molar-refractivity contribution in [1.82, 2.24) is 10.2 Å². The molecule has 6 heteroatoms. The second-order valence-corrected chi connectivity index (χ2v) is 7.10. The number of nitrogens with one attached hydrogen (secondary N) is 1. The summed E-state index contributed by atoms with van der Waals surface area (Å²) < 4.78 is 5.09. The fourth-order valence-corrected chi connectivity index (χ4v) is 3.43. The molecule has 0 saturated carbocycles. The summed E-state index contributed by atoms with van der Waals surface area (Å²) in [5, 5.41) is 2.83. The first-order valence-corrected chi connectivity index (χ1v) is 9.89. The van der Waals surface area contributed by atoms with Crippen molar-refractivity contribution in [2.24, 2.45) is 0 Å². The summed E-state index contributed by atoms with van der Waals surface area (Å²) in [5.74, 6) is 0.146. The van der Waals surface area contributed by atoms with Crippen LogP contribution in [0.15, 0.2) is 54.6 Å². The highest BCUT2D eigenvalue weighted by Crippen LogP contribution is 2.20. The van der Waals surface area contributed by atoms with Gasteiger partial charge in [0.15, 0.2) is 5.78 Å². The Morgan fingerprint density at radius 3 is 2.24 bits per heavy atom. The van der Waals surface area contributed by atoms with Crippen molar-refractivity contribution >= 4 is 17.6 Å². The number of methoxy groups -OCH3 is 1. The van der Waals surface area contributed by atoms with Gasteiger partial charge in [0.05, 0.1) is 7.11 Å². The summed E-state index contributed by atoms with van der Waals surface area (Å²) >= 11 is 0. The minimum Gasteiger partial charge on any atom is -0.497 e. The lowest BCUT2D eigenvalue weighted by Crippen LogP contribution is -2.41. The number of ether oxygens (including phenoxy) is 1. The maximum atomic E-state index is 12.9. The molecular weight excluding hydrogens is 368 g/mol. The number of hydrogen-bond acceptors (Lipinski definition) is 4. The molecule has 1 atom stereocenters. The Bertz CT molecular complexity index is 843. The summed E-state index contributed by atoms with van der Waals surface area (Å²) in [6, 6.07) is 15.3. The molecule has 2 aromatic rings. The first-order chi connectivity index (χ1) is 14.1. The Kier molecular flexibility index (Phi) is 7.00. The van der Waals surface area contributed by atoms with Crippen molar-refractivity contribution in [3.63, 3.8) is 0 Å². The Labute approximate surface area is 170 Å². The number of amides is 2. The van der Waals surface area contributed by atoms with Crippen molar-refractivity contribution in [1.29, 1.82) is 0 Å². The van der Waals surface area contributed by atoms with Gasteiger partial charge in [0, 0.05) is 31.5 Å². The number of nitrogens with zero attached hydrogens (tertiary/aromatic N) is 1. The molecule has 6 nitrogen and oxygen atoms in total. The van der Waals surface area contributed by atoms with E-state index in [9.17, 15) is 14.4 Å². The lowest BCUT2D eigenvalue weighted by Gasteiger charge is -2.24. The largest absolute Gasteiger partial charge is 0.497 e. The van der Waals surface area contributed by atoms with Crippen LogP contribution in [-0.2, 0) is 9.59 Å². The van der Waals surface area contributed by atoms with Crippen molar-refractivity contribution in [3.05, 3.63) is 65.7 Å². The highest BCUT2D eigenvalue weighted by atomic mass is 16.5. The van der Waals surface area contributed by atoms with Gasteiger partial charge in [-0.3, -0.25) is 14.4 Å². The standard InChI is InChI=1S/C23H26N2O4/c1-29-19-11-9-17(10-12-19)20(26)13-14-21(27)24-22(18-7-3-2-4-8-18)23(28)25-15-5-6-16-25/h2-4,7-12,22H,5-6,13-16H2,1H3,(H,24,27). The van der Waals surface area contributed by atoms with Gasteiger partial charge in [-0.05, 0) is 42.7 Å². The van der Waals surface area contributed by atoms with Crippen LogP contribution >= 0.6 is 0 Å². The number of rotatable bonds is 8. The number of carbonyl (C=O) groups excluding carboxylic acids is 3. The van der Waals surface area contributed by atoms with Crippen LogP contribution in [0, 0.1) is 0 Å². The fourth-order valence-electron chi connectivity index (χ4n) is 3.43. The lowest BCUT2D eigenvalue weighted by molar-refractivity contribution is -0.135. The van der Waals surface area contributed by atoms with Crippen molar-refractivity contribution in [3.8, 4) is 5.75 Å². The zero-order chi connectivity index (χ0) is 20.6. The summed E-state index contributed by atoms with van der Waals surface area (Å²) in [5.41, 5.74) is 1.28. The normalized spacial score (nSPS) is 14.3. The van der Waals surface area contributed by atoms with E-state index in [4.69, 9.17) is 4.74 Å². The van der Waals surface area contributed by atoms with E-state index in [1.165, 1.54) is 0 Å². The number of likely N-dealkylation sites (tertiary alicyclic amines) is 1. The molecule has 3 rings (SSSR count). The van der Waals surface area contributed by atoms with Gasteiger partial charge in [0.25, 0.3) is 0 Å². The van der Waals surface area contributed by atoms with Crippen LogP contribution in [0.25, 0.3) is 0 Å². The summed E-state index contributed by atoms with van der Waals surface area (Å²) in [4.78, 5) is 39.6. The van der Waals surface area contributed by atoms with E-state index in [2.05, 4.69) is 5.32 Å². The Morgan fingerprint density at radius 1 is 0.966 bits per heavy atom. The van der Waals surface area contributed by atoms with Gasteiger partial charge in [-0.1, -0.05) is 30.3 Å². The van der Waals surface area contributed by atoms with E-state index in [-0.39, 0.29) is 30.4 Å². The SMILES string of the molecule is COc1ccc(C(=O)CCC(=O)NC(C(=O)N2CCCC2)c2ccccc2)cc1. The number of Topliss-reactive ketones (excluding diaryl/α,β-unsaturated/α-hetero) is 1. The summed E-state index contributed by atoms with van der Waals surface area (Å²) in [7, 11) is 1.56. The molecule has 1 heterocycles. The molecule has 1 fully saturated rings. The highest BCUT2D eigenvalue weighted by molar-refractivity contribution is 5.98. The average Bonchev–Trinajstić information content (AvgIpc) is 3.31. The number of ketones is 1. The molecule has 0 bridgehead atoms. The Balaban J connectivity index is 1.61. The van der Waals surface area contributed by atoms with Gasteiger partial charge in [0.2, 0.25) is 11.8 Å². The van der Waals surface area contributed by atoms with Crippen LogP contribution in [0.3, 0.4) is 0 Å². The van der Waals surface area contributed by atoms with E-state index in [1.54, 1.807) is 36.3 Å². The van der Waals surface area contributed by atoms with Gasteiger partial charge in [0.1, 0.15) is 11.8 Å². The number of benzene rings is 2. The molecule has 29 heavy (non-hydrogen) atoms. The van der Waals surface area contributed by atoms with Crippen LogP contribution in [-0.4, -0.2) is 42.7 Å². The van der Waals surface area contributed by atoms with Gasteiger partial charge >= 0.3 is 0 Å². The van der Waals surface area contributed by atoms with Crippen LogP contribution < -0.4 is 10.1 Å². The average molecular weight is 394 g/mol. The van der Waals surface area contributed by atoms with Crippen molar-refractivity contribution < 1.29 is 19.1 Å². The van der Waals surface area contributed by atoms with Crippen molar-refractivity contribution in [2.45, 2.75) is 31.7 Å². The molecule has 1 unspecified atom stereocenters. The van der Waals surface area contributed by atoms with E-state index >= 15 is 0 Å². The van der Waals surface area contributed by atoms with E-state index in [0.717, 1.165) is 18.4 Å². The minimum atomic E-state index is -0.724. The van der Waals surface area contributed by atoms with E-state index in [0.29, 0.717) is 24.4 Å². The predicted molar refractivity (Wildman–Crippen MR) is 110 cm³/mol. The Hall–Kier alpha value is -3.15. The molecule has 1 aliphatic heterocycles. The number of hydrogen-bond donors (Lipinski definition) is 1. The molecule has 1 aliphatic rings. The van der Waals surface area contributed by atoms with Crippen LogP contribution in [0.5, 0.6) is 5.75 Å². The molecule has 0 aliphatic carbocycles. The highest BCUT2D eigenvalue weighted by Gasteiger charge is 2.29. The van der Waals surface area contributed by atoms with E-state index in [1.807, 2.05) is 30.3 Å². The molecule has 1 saturated heterocycles. The third-order valence-corrected chi connectivity index (χ3v) is 5.09. The van der Waals surface area contributed by atoms with Crippen LogP contribution in [0.2, 0.25) is 0 Å². The monoisotopic (exact) mass is 394 g/mol. The van der Waals surface area contributed by atoms with Gasteiger partial charge in [-0.25, -0.2) is 0 Å². The second-order valence-electron chi connectivity index (χ2n) is 7.10. The molecule has 0 radical (unpaired) electrons. The van der Waals surface area contributed by atoms with Crippen molar-refractivity contribution in [2.75, 3.05) is 20.2 Å². The zero-order valence-electron chi connectivity index (χ0n) is 16.6. The third-order valence-electron chi connectivity index (χ3n) is 5.09. The fraction of sp³-hybridized carbons (Fsp3) is 0.348. The van der Waals surface area contributed by atoms with Gasteiger partial charge < -0.3 is 15.0 Å². The molecule has 0 aromatic heterocycles. The summed E-state index contributed by atoms with van der Waals surface area (Å²) in [6.45, 7) is 1.43. The first-order valence-electron chi connectivity index (χ1n) is 9.89. The smallest absolute Gasteiger partial charge is 0.249 e. The molecular formula is C23H26N2O4. The van der Waals surface area contributed by atoms with Crippen LogP contribution in [0.1, 0.15) is 47.6 Å². The Morgan fingerprint density at radius 2 is 1.62 bits per heavy atom. The zero-order valence-corrected chi connectivity index (χ0v) is 16.6. The summed E-state index contributed by atoms with van der Waals surface area (Å²) in [6.07, 6.45) is 2.08. The lowest BCUT2D eigenvalue weighted by atomic mass is 10.0. The molecule has 2 amide bonds. The van der Waals surface area contributed by atoms with Gasteiger partial charge in [-0.15, -0.1) is 0 Å². The molecule has 2 aromatic carbocycles. The van der Waals surface area contributed by atoms with E-state index < -0.39 is 6.04 Å². The maximum Gasteiger partial charge on any atom is 0.249 e. The second kappa shape index (κ2) is 9.87. The molecule has 1 N–H and O–H groups in total. The first kappa shape index (κ1) is 20.6. The minimum absolute atomic E-state index is 0.0292. The van der Waals surface area contributed by atoms with Crippen LogP contribution in [0.4, 0.5) is 0 Å². The molecule has 0 spiro atoms.